The van der Waals surface area contributed by atoms with Gasteiger partial charge in [0, 0.05) is 12.6 Å². The van der Waals surface area contributed by atoms with Crippen LogP contribution in [-0.2, 0) is 10.3 Å². The second-order valence-corrected chi connectivity index (χ2v) is 3.64. The molecule has 0 atom stereocenters. The van der Waals surface area contributed by atoms with Gasteiger partial charge in [0.25, 0.3) is 0 Å². The molecule has 0 aliphatic carbocycles. The second kappa shape index (κ2) is 3.32. The van der Waals surface area contributed by atoms with Crippen molar-refractivity contribution < 1.29 is 13.0 Å². The summed E-state index contributed by atoms with van der Waals surface area (Å²) >= 11 is 0. The van der Waals surface area contributed by atoms with E-state index in [9.17, 15) is 8.42 Å². The van der Waals surface area contributed by atoms with E-state index >= 15 is 0 Å². The molecule has 1 N–H and O–H groups in total. The molecule has 0 saturated carbocycles. The highest BCUT2D eigenvalue weighted by molar-refractivity contribution is 7.83. The molecule has 0 spiro atoms. The van der Waals surface area contributed by atoms with Crippen molar-refractivity contribution in [2.24, 2.45) is 0 Å². The minimum atomic E-state index is -3.98. The first-order valence-electron chi connectivity index (χ1n) is 3.13. The zero-order valence-electron chi connectivity index (χ0n) is 6.40. The third kappa shape index (κ3) is 2.64. The largest absolute Gasteiger partial charge is 0.336 e. The van der Waals surface area contributed by atoms with Gasteiger partial charge < -0.3 is 0 Å². The molecule has 0 saturated heterocycles. The molecule has 0 aromatic carbocycles. The van der Waals surface area contributed by atoms with Gasteiger partial charge in [-0.3, -0.25) is 4.55 Å². The Morgan fingerprint density at radius 2 is 1.90 bits per heavy atom. The van der Waals surface area contributed by atoms with Gasteiger partial charge in [-0.2, -0.15) is 12.7 Å². The summed E-state index contributed by atoms with van der Waals surface area (Å²) in [4.78, 5) is 0. The van der Waals surface area contributed by atoms with E-state index in [0.717, 1.165) is 4.31 Å². The average Bonchev–Trinajstić information content (AvgIpc) is 1.60. The Bertz CT molecular complexity index is 185. The standard InChI is InChI=1S/C5H13NO3S/c1-4-6(5(2)3)10(7,8)9/h5H,4H2,1-3H3,(H,7,8,9). The minimum absolute atomic E-state index is 0.181. The fraction of sp³-hybridized carbons (Fsp3) is 1.00. The lowest BCUT2D eigenvalue weighted by Gasteiger charge is -2.19. The van der Waals surface area contributed by atoms with Gasteiger partial charge in [-0.05, 0) is 13.8 Å². The quantitative estimate of drug-likeness (QED) is 0.623. The summed E-state index contributed by atoms with van der Waals surface area (Å²) in [5.74, 6) is 0. The van der Waals surface area contributed by atoms with Crippen LogP contribution in [0.3, 0.4) is 0 Å². The van der Waals surface area contributed by atoms with Crippen LogP contribution < -0.4 is 0 Å². The van der Waals surface area contributed by atoms with Gasteiger partial charge in [0.2, 0.25) is 0 Å². The highest BCUT2D eigenvalue weighted by Crippen LogP contribution is 2.02. The Morgan fingerprint density at radius 3 is 1.90 bits per heavy atom. The van der Waals surface area contributed by atoms with Gasteiger partial charge in [0.05, 0.1) is 0 Å². The molecule has 0 aliphatic heterocycles. The predicted molar refractivity (Wildman–Crippen MR) is 39.1 cm³/mol. The van der Waals surface area contributed by atoms with E-state index in [1.54, 1.807) is 20.8 Å². The molecule has 0 aliphatic rings. The average molecular weight is 167 g/mol. The highest BCUT2D eigenvalue weighted by Gasteiger charge is 2.19. The molecule has 5 heteroatoms. The van der Waals surface area contributed by atoms with Crippen LogP contribution in [0.4, 0.5) is 0 Å². The molecule has 0 heterocycles. The van der Waals surface area contributed by atoms with E-state index < -0.39 is 10.3 Å². The predicted octanol–water partition coefficient (Wildman–Crippen LogP) is 0.520. The van der Waals surface area contributed by atoms with Crippen LogP contribution in [-0.4, -0.2) is 29.9 Å². The van der Waals surface area contributed by atoms with Crippen LogP contribution in [0.2, 0.25) is 0 Å². The van der Waals surface area contributed by atoms with Gasteiger partial charge in [-0.15, -0.1) is 0 Å². The molecule has 62 valence electrons. The van der Waals surface area contributed by atoms with E-state index in [0.29, 0.717) is 6.54 Å². The van der Waals surface area contributed by atoms with Crippen molar-refractivity contribution in [3.8, 4) is 0 Å². The number of hydrogen-bond acceptors (Lipinski definition) is 2. The normalized spacial score (nSPS) is 13.0. The molecule has 0 aromatic heterocycles. The number of rotatable bonds is 3. The molecule has 0 amide bonds. The smallest absolute Gasteiger partial charge is 0.273 e. The van der Waals surface area contributed by atoms with Crippen LogP contribution in [0.1, 0.15) is 20.8 Å². The summed E-state index contributed by atoms with van der Waals surface area (Å²) in [5, 5.41) is 0. The highest BCUT2D eigenvalue weighted by atomic mass is 32.2. The van der Waals surface area contributed by atoms with E-state index in [-0.39, 0.29) is 6.04 Å². The van der Waals surface area contributed by atoms with Crippen molar-refractivity contribution >= 4 is 10.3 Å². The first-order valence-corrected chi connectivity index (χ1v) is 4.53. The van der Waals surface area contributed by atoms with Crippen molar-refractivity contribution in [2.75, 3.05) is 6.54 Å². The van der Waals surface area contributed by atoms with Gasteiger partial charge >= 0.3 is 10.3 Å². The van der Waals surface area contributed by atoms with Crippen molar-refractivity contribution in [1.29, 1.82) is 0 Å². The Kier molecular flexibility index (Phi) is 3.27. The Labute approximate surface area is 61.7 Å². The van der Waals surface area contributed by atoms with E-state index in [2.05, 4.69) is 0 Å². The van der Waals surface area contributed by atoms with Gasteiger partial charge in [-0.1, -0.05) is 6.92 Å². The Balaban J connectivity index is 4.38. The van der Waals surface area contributed by atoms with Crippen LogP contribution in [0.25, 0.3) is 0 Å². The topological polar surface area (TPSA) is 57.6 Å². The van der Waals surface area contributed by atoms with Crippen molar-refractivity contribution in [2.45, 2.75) is 26.8 Å². The lowest BCUT2D eigenvalue weighted by atomic mass is 10.4. The Morgan fingerprint density at radius 1 is 1.50 bits per heavy atom. The fourth-order valence-corrected chi connectivity index (χ4v) is 1.65. The molecule has 0 unspecified atom stereocenters. The maximum Gasteiger partial charge on any atom is 0.336 e. The third-order valence-corrected chi connectivity index (χ3v) is 2.46. The lowest BCUT2D eigenvalue weighted by molar-refractivity contribution is 0.321. The van der Waals surface area contributed by atoms with Crippen molar-refractivity contribution in [3.05, 3.63) is 0 Å². The summed E-state index contributed by atoms with van der Waals surface area (Å²) in [5.41, 5.74) is 0. The molecule has 0 rings (SSSR count). The SMILES string of the molecule is CCN(C(C)C)S(=O)(=O)O. The van der Waals surface area contributed by atoms with Crippen molar-refractivity contribution in [3.63, 3.8) is 0 Å². The fourth-order valence-electron chi connectivity index (χ4n) is 0.795. The summed E-state index contributed by atoms with van der Waals surface area (Å²) in [6.07, 6.45) is 0. The van der Waals surface area contributed by atoms with E-state index in [4.69, 9.17) is 4.55 Å². The molecular weight excluding hydrogens is 154 g/mol. The molecule has 4 nitrogen and oxygen atoms in total. The third-order valence-electron chi connectivity index (χ3n) is 1.18. The van der Waals surface area contributed by atoms with Crippen LogP contribution in [0.5, 0.6) is 0 Å². The summed E-state index contributed by atoms with van der Waals surface area (Å²) in [7, 11) is -3.98. The zero-order chi connectivity index (χ0) is 8.36. The van der Waals surface area contributed by atoms with Gasteiger partial charge in [-0.25, -0.2) is 0 Å². The number of nitrogens with zero attached hydrogens (tertiary/aromatic N) is 1. The second-order valence-electron chi connectivity index (χ2n) is 2.27. The Hall–Kier alpha value is -0.130. The molecular formula is C5H13NO3S. The van der Waals surface area contributed by atoms with Crippen molar-refractivity contribution in [1.82, 2.24) is 4.31 Å². The summed E-state index contributed by atoms with van der Waals surface area (Å²) in [6.45, 7) is 5.39. The van der Waals surface area contributed by atoms with Crippen LogP contribution in [0.15, 0.2) is 0 Å². The minimum Gasteiger partial charge on any atom is -0.273 e. The molecule has 0 radical (unpaired) electrons. The molecule has 0 aromatic rings. The zero-order valence-corrected chi connectivity index (χ0v) is 7.22. The molecule has 0 bridgehead atoms. The monoisotopic (exact) mass is 167 g/mol. The van der Waals surface area contributed by atoms with Crippen LogP contribution in [0, 0.1) is 0 Å². The molecule has 0 fully saturated rings. The van der Waals surface area contributed by atoms with E-state index in [1.165, 1.54) is 0 Å². The summed E-state index contributed by atoms with van der Waals surface area (Å²) < 4.78 is 30.5. The van der Waals surface area contributed by atoms with Crippen LogP contribution >= 0.6 is 0 Å². The maximum absolute atomic E-state index is 10.5. The molecule has 10 heavy (non-hydrogen) atoms. The van der Waals surface area contributed by atoms with E-state index in [1.807, 2.05) is 0 Å². The lowest BCUT2D eigenvalue weighted by Crippen LogP contribution is -2.35. The maximum atomic E-state index is 10.5. The first kappa shape index (κ1) is 9.87. The summed E-state index contributed by atoms with van der Waals surface area (Å²) in [6, 6.07) is -0.181. The van der Waals surface area contributed by atoms with Gasteiger partial charge in [0.1, 0.15) is 0 Å². The van der Waals surface area contributed by atoms with Gasteiger partial charge in [0.15, 0.2) is 0 Å². The number of hydrogen-bond donors (Lipinski definition) is 1. The first-order chi connectivity index (χ1) is 4.39.